The fourth-order valence-corrected chi connectivity index (χ4v) is 3.82. The Hall–Kier alpha value is -3.08. The number of nitrogens with two attached hydrogens (primary N) is 1. The highest BCUT2D eigenvalue weighted by Gasteiger charge is 2.32. The number of fused-ring (bicyclic) bond motifs is 1. The third-order valence-electron chi connectivity index (χ3n) is 4.54. The second kappa shape index (κ2) is 7.98. The molecule has 9 nitrogen and oxygen atoms in total. The van der Waals surface area contributed by atoms with Crippen LogP contribution in [-0.4, -0.2) is 38.3 Å². The second-order valence-electron chi connectivity index (χ2n) is 7.78. The number of amides is 1. The molecule has 3 heterocycles. The molecule has 1 atom stereocenters. The van der Waals surface area contributed by atoms with Crippen LogP contribution < -0.4 is 21.3 Å². The van der Waals surface area contributed by atoms with E-state index in [1.54, 1.807) is 25.8 Å². The van der Waals surface area contributed by atoms with Gasteiger partial charge in [0.25, 0.3) is 0 Å². The molecule has 1 aromatic heterocycles. The van der Waals surface area contributed by atoms with Crippen molar-refractivity contribution in [2.45, 2.75) is 31.2 Å². The van der Waals surface area contributed by atoms with Gasteiger partial charge in [-0.25, -0.2) is 9.89 Å². The average molecular weight is 426 g/mol. The molecule has 156 valence electrons. The lowest BCUT2D eigenvalue weighted by molar-refractivity contribution is -0.699. The summed E-state index contributed by atoms with van der Waals surface area (Å²) < 4.78 is 2.12. The number of anilines is 2. The van der Waals surface area contributed by atoms with Gasteiger partial charge in [0.15, 0.2) is 5.82 Å². The van der Waals surface area contributed by atoms with E-state index in [-0.39, 0.29) is 5.91 Å². The van der Waals surface area contributed by atoms with Crippen LogP contribution in [-0.2, 0) is 4.79 Å². The van der Waals surface area contributed by atoms with Gasteiger partial charge in [-0.15, -0.1) is 0 Å². The first-order valence-electron chi connectivity index (χ1n) is 9.55. The largest absolute Gasteiger partial charge is 0.325 e. The first-order chi connectivity index (χ1) is 14.3. The van der Waals surface area contributed by atoms with Crippen LogP contribution in [0, 0.1) is 6.92 Å². The summed E-state index contributed by atoms with van der Waals surface area (Å²) in [5.74, 6) is 2.50. The molecule has 1 unspecified atom stereocenters. The zero-order valence-corrected chi connectivity index (χ0v) is 17.9. The highest BCUT2D eigenvalue weighted by molar-refractivity contribution is 7.97. The molecule has 0 aliphatic carbocycles. The predicted octanol–water partition coefficient (Wildman–Crippen LogP) is 1.40. The lowest BCUT2D eigenvalue weighted by Crippen LogP contribution is -3.10. The number of aromatic amines is 1. The molecule has 0 saturated carbocycles. The molecule has 1 amide bonds. The summed E-state index contributed by atoms with van der Waals surface area (Å²) in [6.45, 7) is 6.01. The van der Waals surface area contributed by atoms with Crippen LogP contribution in [0.5, 0.6) is 0 Å². The topological polar surface area (TPSA) is 116 Å². The number of nitrogens with zero attached hydrogens (tertiary/aromatic N) is 3. The monoisotopic (exact) mass is 425 g/mol. The molecule has 2 aliphatic rings. The van der Waals surface area contributed by atoms with Crippen molar-refractivity contribution in [2.75, 3.05) is 17.2 Å². The van der Waals surface area contributed by atoms with Gasteiger partial charge in [0, 0.05) is 22.3 Å². The van der Waals surface area contributed by atoms with E-state index in [1.165, 1.54) is 0 Å². The molecule has 30 heavy (non-hydrogen) atoms. The first kappa shape index (κ1) is 20.2. The zero-order valence-electron chi connectivity index (χ0n) is 17.1. The summed E-state index contributed by atoms with van der Waals surface area (Å²) in [7, 11) is 0. The molecule has 4 rings (SSSR count). The molecular weight excluding hydrogens is 400 g/mol. The Morgan fingerprint density at radius 3 is 2.77 bits per heavy atom. The van der Waals surface area contributed by atoms with Crippen molar-refractivity contribution in [3.8, 4) is 0 Å². The van der Waals surface area contributed by atoms with Crippen molar-refractivity contribution in [1.29, 1.82) is 0 Å². The number of quaternary nitrogens is 1. The number of nitrogens with one attached hydrogen (secondary N) is 4. The second-order valence-corrected chi connectivity index (χ2v) is 8.90. The lowest BCUT2D eigenvalue weighted by atomic mass is 10.1. The summed E-state index contributed by atoms with van der Waals surface area (Å²) in [5, 5.41) is 13.4. The van der Waals surface area contributed by atoms with Crippen molar-refractivity contribution >= 4 is 35.2 Å². The summed E-state index contributed by atoms with van der Waals surface area (Å²) in [4.78, 5) is 18.6. The number of H-pyrrole nitrogens is 1. The Labute approximate surface area is 179 Å². The van der Waals surface area contributed by atoms with E-state index in [4.69, 9.17) is 5.73 Å². The maximum atomic E-state index is 12.0. The number of rotatable bonds is 6. The van der Waals surface area contributed by atoms with Crippen molar-refractivity contribution in [2.24, 2.45) is 10.7 Å². The van der Waals surface area contributed by atoms with E-state index in [2.05, 4.69) is 36.3 Å². The minimum absolute atomic E-state index is 0.221. The van der Waals surface area contributed by atoms with E-state index in [9.17, 15) is 4.79 Å². The van der Waals surface area contributed by atoms with Gasteiger partial charge in [-0.3, -0.25) is 19.5 Å². The van der Waals surface area contributed by atoms with Gasteiger partial charge in [-0.1, -0.05) is 0 Å². The molecule has 0 radical (unpaired) electrons. The minimum Gasteiger partial charge on any atom is -0.325 e. The predicted molar refractivity (Wildman–Crippen MR) is 118 cm³/mol. The van der Waals surface area contributed by atoms with Crippen LogP contribution >= 0.6 is 11.9 Å². The highest BCUT2D eigenvalue weighted by atomic mass is 32.2. The van der Waals surface area contributed by atoms with Crippen molar-refractivity contribution in [3.63, 3.8) is 0 Å². The number of hydrogen-bond acceptors (Lipinski definition) is 7. The number of carbonyl (C=O) groups is 1. The Kier molecular flexibility index (Phi) is 5.37. The molecule has 1 aromatic carbocycles. The van der Waals surface area contributed by atoms with Gasteiger partial charge in [-0.05, 0) is 57.0 Å². The highest BCUT2D eigenvalue weighted by Crippen LogP contribution is 2.26. The van der Waals surface area contributed by atoms with E-state index < -0.39 is 5.54 Å². The molecule has 10 heteroatoms. The van der Waals surface area contributed by atoms with Gasteiger partial charge in [-0.2, -0.15) is 5.10 Å². The normalized spacial score (nSPS) is 18.0. The average Bonchev–Trinajstić information content (AvgIpc) is 3.31. The van der Waals surface area contributed by atoms with E-state index in [0.717, 1.165) is 33.0 Å². The Balaban J connectivity index is 1.46. The van der Waals surface area contributed by atoms with E-state index >= 15 is 0 Å². The standard InChI is InChI=1S/C20H24N8OS/c1-13-10-16(26-25-13)24-18-12-27(11-17-22-8-9-28(17)18)30-15-6-4-14(5-7-15)23-19(29)20(2,3)21/h4-10,12H,11,21H2,1-3H3,(H,23,29)(H2,24,25,26)/p+1. The molecule has 6 N–H and O–H groups in total. The fourth-order valence-electron chi connectivity index (χ4n) is 2.95. The number of carbonyl (C=O) groups excluding carboxylic acids is 1. The van der Waals surface area contributed by atoms with E-state index in [1.807, 2.05) is 49.7 Å². The van der Waals surface area contributed by atoms with E-state index in [0.29, 0.717) is 12.2 Å². The maximum Gasteiger partial charge on any atom is 0.243 e. The molecule has 2 aromatic rings. The zero-order chi connectivity index (χ0) is 21.3. The van der Waals surface area contributed by atoms with Crippen molar-refractivity contribution < 1.29 is 9.69 Å². The number of hydrogen-bond donors (Lipinski definition) is 5. The van der Waals surface area contributed by atoms with Crippen LogP contribution in [0.2, 0.25) is 0 Å². The fraction of sp³-hybridized carbons (Fsp3) is 0.250. The van der Waals surface area contributed by atoms with Gasteiger partial charge in [0.1, 0.15) is 12.7 Å². The number of amidine groups is 1. The Morgan fingerprint density at radius 1 is 1.33 bits per heavy atom. The SMILES string of the molecule is Cc1cc(NC2=CN(Sc3ccc(NC(=O)C(C)(C)N)cc3)CC3=NC=C[NH+]23)n[nH]1. The minimum atomic E-state index is -0.924. The lowest BCUT2D eigenvalue weighted by Gasteiger charge is -2.27. The van der Waals surface area contributed by atoms with Crippen LogP contribution in [0.15, 0.2) is 64.6 Å². The summed E-state index contributed by atoms with van der Waals surface area (Å²) in [6.07, 6.45) is 5.89. The Bertz CT molecular complexity index is 1030. The molecular formula is C20H25N8OS+. The quantitative estimate of drug-likeness (QED) is 0.447. The Morgan fingerprint density at radius 2 is 2.10 bits per heavy atom. The number of aromatic nitrogens is 2. The third kappa shape index (κ3) is 4.56. The molecule has 2 aliphatic heterocycles. The van der Waals surface area contributed by atoms with Crippen LogP contribution in [0.1, 0.15) is 19.5 Å². The van der Waals surface area contributed by atoms with Gasteiger partial charge in [0.2, 0.25) is 17.6 Å². The van der Waals surface area contributed by atoms with Gasteiger partial charge >= 0.3 is 0 Å². The summed E-state index contributed by atoms with van der Waals surface area (Å²) >= 11 is 1.60. The smallest absolute Gasteiger partial charge is 0.243 e. The number of benzene rings is 1. The number of aliphatic imine (C=N–C) groups is 1. The van der Waals surface area contributed by atoms with Crippen LogP contribution in [0.25, 0.3) is 0 Å². The third-order valence-corrected chi connectivity index (χ3v) is 5.49. The maximum absolute atomic E-state index is 12.0. The van der Waals surface area contributed by atoms with Crippen molar-refractivity contribution in [1.82, 2.24) is 14.5 Å². The molecule has 0 bridgehead atoms. The van der Waals surface area contributed by atoms with Gasteiger partial charge in [0.05, 0.1) is 17.9 Å². The van der Waals surface area contributed by atoms with Crippen molar-refractivity contribution in [3.05, 3.63) is 60.4 Å². The van der Waals surface area contributed by atoms with Gasteiger partial charge < -0.3 is 11.1 Å². The van der Waals surface area contributed by atoms with Crippen LogP contribution in [0.3, 0.4) is 0 Å². The summed E-state index contributed by atoms with van der Waals surface area (Å²) in [5.41, 5.74) is 6.62. The first-order valence-corrected chi connectivity index (χ1v) is 10.3. The number of aryl methyl sites for hydroxylation is 1. The molecule has 0 saturated heterocycles. The molecule has 0 fully saturated rings. The summed E-state index contributed by atoms with van der Waals surface area (Å²) in [6, 6.07) is 9.64. The van der Waals surface area contributed by atoms with Crippen LogP contribution in [0.4, 0.5) is 11.5 Å². The molecule has 0 spiro atoms.